The standard InChI is InChI=1S/C23H21N3O5/c1-29-21-7-3-2-6-20(21)24-16-22(27)26-25-15-17-8-10-19(11-9-17)31-23(28)13-12-18-5-4-14-30-18/h2-15,24H,16H2,1H3,(H,26,27)/b13-12-,25-15?. The van der Waals surface area contributed by atoms with E-state index in [0.717, 1.165) is 5.56 Å². The van der Waals surface area contributed by atoms with Crippen molar-refractivity contribution in [3.05, 3.63) is 84.3 Å². The minimum atomic E-state index is -0.521. The number of furan rings is 1. The highest BCUT2D eigenvalue weighted by Gasteiger charge is 2.04. The van der Waals surface area contributed by atoms with Crippen LogP contribution in [-0.2, 0) is 9.59 Å². The third-order valence-corrected chi connectivity index (χ3v) is 3.97. The Bertz CT molecular complexity index is 1060. The van der Waals surface area contributed by atoms with Gasteiger partial charge in [-0.25, -0.2) is 10.2 Å². The number of esters is 1. The Balaban J connectivity index is 1.43. The van der Waals surface area contributed by atoms with E-state index < -0.39 is 5.97 Å². The fourth-order valence-electron chi connectivity index (χ4n) is 2.49. The van der Waals surface area contributed by atoms with Gasteiger partial charge in [-0.3, -0.25) is 4.79 Å². The maximum absolute atomic E-state index is 11.9. The number of para-hydroxylation sites is 2. The Kier molecular flexibility index (Phi) is 7.59. The van der Waals surface area contributed by atoms with E-state index in [4.69, 9.17) is 13.9 Å². The van der Waals surface area contributed by atoms with Gasteiger partial charge < -0.3 is 19.2 Å². The lowest BCUT2D eigenvalue weighted by Gasteiger charge is -2.09. The highest BCUT2D eigenvalue weighted by molar-refractivity contribution is 5.88. The Morgan fingerprint density at radius 3 is 2.61 bits per heavy atom. The molecule has 0 bridgehead atoms. The number of carbonyl (C=O) groups excluding carboxylic acids is 2. The molecule has 8 nitrogen and oxygen atoms in total. The predicted molar refractivity (Wildman–Crippen MR) is 117 cm³/mol. The van der Waals surface area contributed by atoms with E-state index in [9.17, 15) is 9.59 Å². The number of hydrogen-bond donors (Lipinski definition) is 2. The molecule has 2 aromatic carbocycles. The number of carbonyl (C=O) groups is 2. The zero-order valence-corrected chi connectivity index (χ0v) is 16.8. The number of methoxy groups -OCH3 is 1. The molecule has 0 radical (unpaired) electrons. The fourth-order valence-corrected chi connectivity index (χ4v) is 2.49. The van der Waals surface area contributed by atoms with Crippen LogP contribution < -0.4 is 20.2 Å². The number of benzene rings is 2. The summed E-state index contributed by atoms with van der Waals surface area (Å²) in [5.74, 6) is 0.764. The van der Waals surface area contributed by atoms with Crippen LogP contribution in [0.1, 0.15) is 11.3 Å². The first kappa shape index (κ1) is 21.4. The summed E-state index contributed by atoms with van der Waals surface area (Å²) in [6, 6.07) is 17.4. The van der Waals surface area contributed by atoms with Crippen molar-refractivity contribution in [2.24, 2.45) is 5.10 Å². The molecule has 1 aromatic heterocycles. The van der Waals surface area contributed by atoms with Crippen molar-refractivity contribution < 1.29 is 23.5 Å². The first-order chi connectivity index (χ1) is 15.1. The molecule has 0 atom stereocenters. The number of nitrogens with zero attached hydrogens (tertiary/aromatic N) is 1. The molecule has 8 heteroatoms. The van der Waals surface area contributed by atoms with Crippen LogP contribution >= 0.6 is 0 Å². The Morgan fingerprint density at radius 1 is 1.06 bits per heavy atom. The fraction of sp³-hybridized carbons (Fsp3) is 0.0870. The lowest BCUT2D eigenvalue weighted by molar-refractivity contribution is -0.129. The molecule has 3 rings (SSSR count). The highest BCUT2D eigenvalue weighted by Crippen LogP contribution is 2.22. The van der Waals surface area contributed by atoms with Gasteiger partial charge in [-0.15, -0.1) is 0 Å². The molecule has 3 aromatic rings. The molecule has 0 saturated carbocycles. The van der Waals surface area contributed by atoms with Gasteiger partial charge in [0.25, 0.3) is 5.91 Å². The minimum Gasteiger partial charge on any atom is -0.495 e. The van der Waals surface area contributed by atoms with Gasteiger partial charge in [-0.1, -0.05) is 12.1 Å². The van der Waals surface area contributed by atoms with Crippen molar-refractivity contribution in [1.29, 1.82) is 0 Å². The van der Waals surface area contributed by atoms with Crippen LogP contribution in [0.2, 0.25) is 0 Å². The van der Waals surface area contributed by atoms with E-state index in [1.807, 2.05) is 18.2 Å². The second kappa shape index (κ2) is 11.0. The lowest BCUT2D eigenvalue weighted by atomic mass is 10.2. The summed E-state index contributed by atoms with van der Waals surface area (Å²) >= 11 is 0. The maximum atomic E-state index is 11.9. The van der Waals surface area contributed by atoms with Crippen LogP contribution in [0, 0.1) is 0 Å². The van der Waals surface area contributed by atoms with Crippen molar-refractivity contribution in [3.63, 3.8) is 0 Å². The maximum Gasteiger partial charge on any atom is 0.336 e. The number of hydrazone groups is 1. The van der Waals surface area contributed by atoms with Crippen LogP contribution in [0.5, 0.6) is 11.5 Å². The van der Waals surface area contributed by atoms with Gasteiger partial charge in [0.05, 0.1) is 31.8 Å². The summed E-state index contributed by atoms with van der Waals surface area (Å²) in [6.45, 7) is 0.0398. The van der Waals surface area contributed by atoms with Crippen LogP contribution in [-0.4, -0.2) is 31.7 Å². The summed E-state index contributed by atoms with van der Waals surface area (Å²) in [5.41, 5.74) is 3.88. The van der Waals surface area contributed by atoms with E-state index >= 15 is 0 Å². The Labute approximate surface area is 179 Å². The molecule has 31 heavy (non-hydrogen) atoms. The molecule has 0 unspecified atom stereocenters. The number of hydrogen-bond acceptors (Lipinski definition) is 7. The SMILES string of the molecule is COc1ccccc1NCC(=O)NN=Cc1ccc(OC(=O)/C=C\c2ccco2)cc1. The summed E-state index contributed by atoms with van der Waals surface area (Å²) in [7, 11) is 1.56. The van der Waals surface area contributed by atoms with E-state index in [2.05, 4.69) is 15.8 Å². The smallest absolute Gasteiger partial charge is 0.336 e. The number of anilines is 1. The number of amides is 1. The van der Waals surface area contributed by atoms with Gasteiger partial charge in [0.1, 0.15) is 17.3 Å². The second-order valence-corrected chi connectivity index (χ2v) is 6.19. The van der Waals surface area contributed by atoms with Gasteiger partial charge in [-0.2, -0.15) is 5.10 Å². The minimum absolute atomic E-state index is 0.0398. The van der Waals surface area contributed by atoms with Crippen molar-refractivity contribution in [3.8, 4) is 11.5 Å². The zero-order chi connectivity index (χ0) is 21.9. The molecule has 2 N–H and O–H groups in total. The molecule has 0 saturated heterocycles. The Morgan fingerprint density at radius 2 is 1.87 bits per heavy atom. The molecular weight excluding hydrogens is 398 g/mol. The molecule has 0 aliphatic rings. The van der Waals surface area contributed by atoms with Gasteiger partial charge in [0, 0.05) is 6.08 Å². The number of ether oxygens (including phenoxy) is 2. The molecule has 0 fully saturated rings. The molecular formula is C23H21N3O5. The van der Waals surface area contributed by atoms with Crippen LogP contribution in [0.4, 0.5) is 5.69 Å². The first-order valence-electron chi connectivity index (χ1n) is 9.36. The summed E-state index contributed by atoms with van der Waals surface area (Å²) in [6.07, 6.45) is 5.81. The quantitative estimate of drug-likeness (QED) is 0.181. The van der Waals surface area contributed by atoms with Gasteiger partial charge >= 0.3 is 5.97 Å². The number of rotatable bonds is 9. The van der Waals surface area contributed by atoms with E-state index in [0.29, 0.717) is 22.9 Å². The van der Waals surface area contributed by atoms with Gasteiger partial charge in [0.15, 0.2) is 0 Å². The molecule has 0 aliphatic heterocycles. The monoisotopic (exact) mass is 419 g/mol. The zero-order valence-electron chi connectivity index (χ0n) is 16.8. The average Bonchev–Trinajstić information content (AvgIpc) is 3.31. The number of nitrogens with one attached hydrogen (secondary N) is 2. The van der Waals surface area contributed by atoms with Crippen molar-refractivity contribution in [2.45, 2.75) is 0 Å². The van der Waals surface area contributed by atoms with Crippen LogP contribution in [0.25, 0.3) is 6.08 Å². The van der Waals surface area contributed by atoms with E-state index in [1.54, 1.807) is 49.6 Å². The largest absolute Gasteiger partial charge is 0.495 e. The second-order valence-electron chi connectivity index (χ2n) is 6.19. The summed E-state index contributed by atoms with van der Waals surface area (Å²) in [5, 5.41) is 6.91. The normalized spacial score (nSPS) is 10.9. The van der Waals surface area contributed by atoms with E-state index in [1.165, 1.54) is 24.6 Å². The average molecular weight is 419 g/mol. The van der Waals surface area contributed by atoms with Crippen molar-refractivity contribution in [2.75, 3.05) is 19.0 Å². The first-order valence-corrected chi connectivity index (χ1v) is 9.36. The van der Waals surface area contributed by atoms with Crippen LogP contribution in [0.3, 0.4) is 0 Å². The summed E-state index contributed by atoms with van der Waals surface area (Å²) in [4.78, 5) is 23.7. The predicted octanol–water partition coefficient (Wildman–Crippen LogP) is 3.47. The topological polar surface area (TPSA) is 102 Å². The van der Waals surface area contributed by atoms with Crippen molar-refractivity contribution >= 4 is 29.9 Å². The molecule has 0 spiro atoms. The lowest BCUT2D eigenvalue weighted by Crippen LogP contribution is -2.26. The molecule has 1 heterocycles. The van der Waals surface area contributed by atoms with Gasteiger partial charge in [-0.05, 0) is 60.2 Å². The van der Waals surface area contributed by atoms with Crippen molar-refractivity contribution in [1.82, 2.24) is 5.43 Å². The molecule has 158 valence electrons. The third-order valence-electron chi connectivity index (χ3n) is 3.97. The molecule has 1 amide bonds. The highest BCUT2D eigenvalue weighted by atomic mass is 16.5. The summed E-state index contributed by atoms with van der Waals surface area (Å²) < 4.78 is 15.5. The third kappa shape index (κ3) is 6.90. The molecule has 0 aliphatic carbocycles. The van der Waals surface area contributed by atoms with Crippen LogP contribution in [0.15, 0.2) is 82.5 Å². The van der Waals surface area contributed by atoms with Gasteiger partial charge in [0.2, 0.25) is 0 Å². The Hall–Kier alpha value is -4.33. The van der Waals surface area contributed by atoms with E-state index in [-0.39, 0.29) is 12.5 Å².